The number of carbonyl (C=O) groups excluding carboxylic acids is 6. The summed E-state index contributed by atoms with van der Waals surface area (Å²) in [6.45, 7) is 2.06. The Balaban J connectivity index is 2.93. The normalized spacial score (nSPS) is 23.8. The van der Waals surface area contributed by atoms with Gasteiger partial charge in [-0.25, -0.2) is 9.59 Å². The van der Waals surface area contributed by atoms with Crippen molar-refractivity contribution in [2.24, 2.45) is 23.7 Å². The van der Waals surface area contributed by atoms with Crippen molar-refractivity contribution in [2.45, 2.75) is 13.8 Å². The predicted molar refractivity (Wildman–Crippen MR) is 99.6 cm³/mol. The lowest BCUT2D eigenvalue weighted by Crippen LogP contribution is -2.32. The summed E-state index contributed by atoms with van der Waals surface area (Å²) in [6.07, 6.45) is 0. The van der Waals surface area contributed by atoms with Crippen LogP contribution < -0.4 is 0 Å². The molecule has 0 N–H and O–H groups in total. The van der Waals surface area contributed by atoms with E-state index in [0.29, 0.717) is 0 Å². The van der Waals surface area contributed by atoms with Crippen LogP contribution in [0.2, 0.25) is 0 Å². The van der Waals surface area contributed by atoms with Crippen molar-refractivity contribution < 1.29 is 57.2 Å². The molecule has 0 aromatic rings. The lowest BCUT2D eigenvalue weighted by atomic mass is 9.81. The molecule has 2 rings (SSSR count). The molecule has 0 aromatic carbocycles. The van der Waals surface area contributed by atoms with Gasteiger partial charge in [-0.15, -0.1) is 0 Å². The third-order valence-corrected chi connectivity index (χ3v) is 5.10. The maximum atomic E-state index is 12.7. The van der Waals surface area contributed by atoms with E-state index >= 15 is 0 Å². The van der Waals surface area contributed by atoms with Crippen LogP contribution in [-0.2, 0) is 57.2 Å². The van der Waals surface area contributed by atoms with Crippen LogP contribution >= 0.6 is 0 Å². The number of fused-ring (bicyclic) bond motifs is 1. The molecule has 2 aliphatic carbocycles. The molecular formula is C20H22O12. The Morgan fingerprint density at radius 2 is 0.875 bits per heavy atom. The summed E-state index contributed by atoms with van der Waals surface area (Å²) in [6, 6.07) is 0. The van der Waals surface area contributed by atoms with Gasteiger partial charge in [0.1, 0.15) is 23.4 Å². The SMILES string of the molecule is COC(=O)C1=C(OC(C)=O)C(C(=O)OC)[C@H]2C(C(=O)OC)=C(OC(C)=O)[C@H](C(=O)OC)[C@@H]12. The molecule has 0 saturated carbocycles. The number of ether oxygens (including phenoxy) is 6. The highest BCUT2D eigenvalue weighted by molar-refractivity contribution is 6.01. The Hall–Kier alpha value is -3.70. The molecule has 0 radical (unpaired) electrons. The van der Waals surface area contributed by atoms with E-state index in [0.717, 1.165) is 42.3 Å². The van der Waals surface area contributed by atoms with Crippen LogP contribution in [0.4, 0.5) is 0 Å². The number of hydrogen-bond donors (Lipinski definition) is 0. The number of hydrogen-bond acceptors (Lipinski definition) is 12. The average molecular weight is 454 g/mol. The molecule has 0 fully saturated rings. The Morgan fingerprint density at radius 1 is 0.562 bits per heavy atom. The largest absolute Gasteiger partial charge is 0.468 e. The van der Waals surface area contributed by atoms with E-state index in [1.807, 2.05) is 0 Å². The van der Waals surface area contributed by atoms with Gasteiger partial charge >= 0.3 is 35.8 Å². The first-order chi connectivity index (χ1) is 15.0. The van der Waals surface area contributed by atoms with Crippen LogP contribution in [0, 0.1) is 23.7 Å². The molecule has 174 valence electrons. The quantitative estimate of drug-likeness (QED) is 0.385. The molecule has 0 bridgehead atoms. The lowest BCUT2D eigenvalue weighted by molar-refractivity contribution is -0.152. The van der Waals surface area contributed by atoms with Crippen LogP contribution in [0.1, 0.15) is 13.8 Å². The second-order valence-corrected chi connectivity index (χ2v) is 6.78. The first-order valence-corrected chi connectivity index (χ1v) is 9.22. The van der Waals surface area contributed by atoms with Crippen molar-refractivity contribution in [1.82, 2.24) is 0 Å². The van der Waals surface area contributed by atoms with Gasteiger partial charge in [0.05, 0.1) is 39.6 Å². The van der Waals surface area contributed by atoms with Gasteiger partial charge in [-0.1, -0.05) is 0 Å². The summed E-state index contributed by atoms with van der Waals surface area (Å²) >= 11 is 0. The monoisotopic (exact) mass is 454 g/mol. The molecular weight excluding hydrogens is 432 g/mol. The number of esters is 6. The van der Waals surface area contributed by atoms with Gasteiger partial charge in [0.15, 0.2) is 0 Å². The van der Waals surface area contributed by atoms with Crippen LogP contribution in [0.3, 0.4) is 0 Å². The van der Waals surface area contributed by atoms with Crippen molar-refractivity contribution in [3.05, 3.63) is 22.7 Å². The highest BCUT2D eigenvalue weighted by atomic mass is 16.6. The molecule has 1 unspecified atom stereocenters. The van der Waals surface area contributed by atoms with Crippen LogP contribution in [0.15, 0.2) is 22.7 Å². The molecule has 0 aliphatic heterocycles. The molecule has 2 aliphatic rings. The molecule has 0 spiro atoms. The number of methoxy groups -OCH3 is 4. The van der Waals surface area contributed by atoms with Gasteiger partial charge in [0, 0.05) is 25.7 Å². The van der Waals surface area contributed by atoms with Crippen molar-refractivity contribution >= 4 is 35.8 Å². The molecule has 0 amide bonds. The molecule has 4 atom stereocenters. The zero-order chi connectivity index (χ0) is 24.3. The Labute approximate surface area is 182 Å². The summed E-state index contributed by atoms with van der Waals surface area (Å²) in [5, 5.41) is 0. The lowest BCUT2D eigenvalue weighted by Gasteiger charge is -2.22. The summed E-state index contributed by atoms with van der Waals surface area (Å²) in [4.78, 5) is 74.4. The first-order valence-electron chi connectivity index (χ1n) is 9.22. The van der Waals surface area contributed by atoms with Gasteiger partial charge in [0.2, 0.25) is 0 Å². The molecule has 12 heteroatoms. The van der Waals surface area contributed by atoms with E-state index in [1.165, 1.54) is 0 Å². The predicted octanol–water partition coefficient (Wildman–Crippen LogP) is -0.195. The van der Waals surface area contributed by atoms with Crippen LogP contribution in [0.5, 0.6) is 0 Å². The van der Waals surface area contributed by atoms with Gasteiger partial charge in [-0.2, -0.15) is 0 Å². The molecule has 0 heterocycles. The summed E-state index contributed by atoms with van der Waals surface area (Å²) in [5.74, 6) is -12.4. The Morgan fingerprint density at radius 3 is 1.09 bits per heavy atom. The average Bonchev–Trinajstić information content (AvgIpc) is 3.21. The molecule has 12 nitrogen and oxygen atoms in total. The van der Waals surface area contributed by atoms with E-state index < -0.39 is 71.0 Å². The van der Waals surface area contributed by atoms with E-state index in [9.17, 15) is 28.8 Å². The second-order valence-electron chi connectivity index (χ2n) is 6.78. The van der Waals surface area contributed by atoms with Gasteiger partial charge < -0.3 is 28.4 Å². The van der Waals surface area contributed by atoms with Crippen molar-refractivity contribution in [3.8, 4) is 0 Å². The maximum absolute atomic E-state index is 12.7. The highest BCUT2D eigenvalue weighted by Gasteiger charge is 2.64. The fraction of sp³-hybridized carbons (Fsp3) is 0.500. The Bertz CT molecular complexity index is 864. The second kappa shape index (κ2) is 9.62. The number of rotatable bonds is 6. The molecule has 32 heavy (non-hydrogen) atoms. The van der Waals surface area contributed by atoms with Gasteiger partial charge in [-0.3, -0.25) is 19.2 Å². The van der Waals surface area contributed by atoms with Crippen LogP contribution in [-0.4, -0.2) is 64.3 Å². The zero-order valence-electron chi connectivity index (χ0n) is 18.2. The third-order valence-electron chi connectivity index (χ3n) is 5.10. The summed E-state index contributed by atoms with van der Waals surface area (Å²) in [5.41, 5.74) is -0.746. The maximum Gasteiger partial charge on any atom is 0.337 e. The first kappa shape index (κ1) is 24.6. The number of carbonyl (C=O) groups is 6. The van der Waals surface area contributed by atoms with E-state index in [-0.39, 0.29) is 11.1 Å². The van der Waals surface area contributed by atoms with Crippen molar-refractivity contribution in [1.29, 1.82) is 0 Å². The van der Waals surface area contributed by atoms with Crippen molar-refractivity contribution in [3.63, 3.8) is 0 Å². The van der Waals surface area contributed by atoms with Crippen molar-refractivity contribution in [2.75, 3.05) is 28.4 Å². The summed E-state index contributed by atoms with van der Waals surface area (Å²) < 4.78 is 29.5. The van der Waals surface area contributed by atoms with Gasteiger partial charge in [-0.05, 0) is 0 Å². The zero-order valence-corrected chi connectivity index (χ0v) is 18.2. The third kappa shape index (κ3) is 4.07. The Kier molecular flexibility index (Phi) is 7.39. The van der Waals surface area contributed by atoms with E-state index in [1.54, 1.807) is 0 Å². The van der Waals surface area contributed by atoms with E-state index in [2.05, 4.69) is 0 Å². The highest BCUT2D eigenvalue weighted by Crippen LogP contribution is 2.57. The minimum absolute atomic E-state index is 0.373. The summed E-state index contributed by atoms with van der Waals surface area (Å²) in [7, 11) is 4.15. The smallest absolute Gasteiger partial charge is 0.337 e. The minimum Gasteiger partial charge on any atom is -0.468 e. The topological polar surface area (TPSA) is 158 Å². The van der Waals surface area contributed by atoms with E-state index in [4.69, 9.17) is 28.4 Å². The van der Waals surface area contributed by atoms with Gasteiger partial charge in [0.25, 0.3) is 0 Å². The minimum atomic E-state index is -1.53. The fourth-order valence-electron chi connectivity index (χ4n) is 4.10. The standard InChI is InChI=1S/C20H22O12/c1-7(21)31-15-11(17(23)27-3)9-10(12(15)18(24)28-4)14(20(26)30-6)16(32-8(2)22)13(9)19(25)29-5/h9-11,14H,1-6H3/t9-,10+,11+,14?/m0/s1. The van der Waals surface area contributed by atoms with Crippen LogP contribution in [0.25, 0.3) is 0 Å². The fourth-order valence-corrected chi connectivity index (χ4v) is 4.10. The molecule has 0 saturated heterocycles. The molecule has 0 aromatic heterocycles.